The molecule has 2 aromatic rings. The van der Waals surface area contributed by atoms with E-state index in [0.717, 1.165) is 25.9 Å². The van der Waals surface area contributed by atoms with E-state index in [2.05, 4.69) is 66.8 Å². The Labute approximate surface area is 128 Å². The van der Waals surface area contributed by atoms with Gasteiger partial charge >= 0.3 is 0 Å². The number of anilines is 1. The van der Waals surface area contributed by atoms with Gasteiger partial charge in [0.15, 0.2) is 0 Å². The second-order valence-electron chi connectivity index (χ2n) is 5.30. The topological polar surface area (TPSA) is 21.3 Å². The van der Waals surface area contributed by atoms with Gasteiger partial charge < -0.3 is 10.1 Å². The van der Waals surface area contributed by atoms with Gasteiger partial charge in [0.1, 0.15) is 0 Å². The summed E-state index contributed by atoms with van der Waals surface area (Å²) in [6.45, 7) is 2.98. The van der Waals surface area contributed by atoms with Gasteiger partial charge in [0, 0.05) is 12.8 Å². The quantitative estimate of drug-likeness (QED) is 0.749. The Balaban J connectivity index is 2.17. The first-order valence-electron chi connectivity index (χ1n) is 7.73. The highest BCUT2D eigenvalue weighted by atomic mass is 16.5. The lowest BCUT2D eigenvalue weighted by molar-refractivity contribution is 0.202. The number of ether oxygens (including phenoxy) is 1. The lowest BCUT2D eigenvalue weighted by Gasteiger charge is -2.22. The molecule has 1 unspecified atom stereocenters. The van der Waals surface area contributed by atoms with Crippen LogP contribution < -0.4 is 5.32 Å². The number of rotatable bonds is 8. The van der Waals surface area contributed by atoms with E-state index in [1.807, 2.05) is 0 Å². The van der Waals surface area contributed by atoms with E-state index in [9.17, 15) is 0 Å². The largest absolute Gasteiger partial charge is 0.384 e. The first-order chi connectivity index (χ1) is 10.3. The van der Waals surface area contributed by atoms with Crippen LogP contribution in [0.15, 0.2) is 54.6 Å². The summed E-state index contributed by atoms with van der Waals surface area (Å²) in [7, 11) is 1.75. The molecule has 1 atom stereocenters. The van der Waals surface area contributed by atoms with Crippen LogP contribution >= 0.6 is 0 Å². The zero-order valence-corrected chi connectivity index (χ0v) is 13.0. The number of hydrogen-bond acceptors (Lipinski definition) is 2. The normalized spacial score (nSPS) is 12.1. The summed E-state index contributed by atoms with van der Waals surface area (Å²) in [5, 5.41) is 3.72. The van der Waals surface area contributed by atoms with Crippen molar-refractivity contribution < 1.29 is 4.74 Å². The van der Waals surface area contributed by atoms with Crippen molar-refractivity contribution in [2.75, 3.05) is 19.0 Å². The number of benzene rings is 2. The number of methoxy groups -OCH3 is 1. The van der Waals surface area contributed by atoms with Gasteiger partial charge in [-0.1, -0.05) is 61.9 Å². The van der Waals surface area contributed by atoms with Crippen molar-refractivity contribution in [1.82, 2.24) is 0 Å². The van der Waals surface area contributed by atoms with Gasteiger partial charge in [-0.2, -0.15) is 0 Å². The van der Waals surface area contributed by atoms with Crippen molar-refractivity contribution in [1.29, 1.82) is 0 Å². The van der Waals surface area contributed by atoms with Crippen LogP contribution in [-0.2, 0) is 11.2 Å². The Kier molecular flexibility index (Phi) is 6.29. The zero-order valence-electron chi connectivity index (χ0n) is 13.0. The predicted molar refractivity (Wildman–Crippen MR) is 89.7 cm³/mol. The molecule has 0 heterocycles. The summed E-state index contributed by atoms with van der Waals surface area (Å²) >= 11 is 0. The van der Waals surface area contributed by atoms with Crippen LogP contribution in [0.4, 0.5) is 5.69 Å². The highest BCUT2D eigenvalue weighted by Crippen LogP contribution is 2.26. The van der Waals surface area contributed by atoms with Gasteiger partial charge in [-0.05, 0) is 30.0 Å². The molecule has 0 amide bonds. The van der Waals surface area contributed by atoms with Gasteiger partial charge in [0.05, 0.1) is 12.6 Å². The van der Waals surface area contributed by atoms with Crippen molar-refractivity contribution in [3.05, 3.63) is 65.7 Å². The summed E-state index contributed by atoms with van der Waals surface area (Å²) in [4.78, 5) is 0. The van der Waals surface area contributed by atoms with Crippen molar-refractivity contribution in [2.45, 2.75) is 32.2 Å². The Morgan fingerprint density at radius 1 is 1.00 bits per heavy atom. The van der Waals surface area contributed by atoms with E-state index in [1.54, 1.807) is 7.11 Å². The molecule has 2 heteroatoms. The minimum absolute atomic E-state index is 0.361. The van der Waals surface area contributed by atoms with Crippen molar-refractivity contribution in [3.8, 4) is 0 Å². The van der Waals surface area contributed by atoms with Crippen molar-refractivity contribution in [3.63, 3.8) is 0 Å². The molecular weight excluding hydrogens is 258 g/mol. The molecule has 2 nitrogen and oxygen atoms in total. The monoisotopic (exact) mass is 283 g/mol. The second-order valence-corrected chi connectivity index (χ2v) is 5.30. The average molecular weight is 283 g/mol. The summed E-state index contributed by atoms with van der Waals surface area (Å²) in [5.41, 5.74) is 3.88. The third-order valence-electron chi connectivity index (χ3n) is 3.70. The molecule has 0 aliphatic heterocycles. The molecule has 0 spiro atoms. The van der Waals surface area contributed by atoms with Gasteiger partial charge in [0.2, 0.25) is 0 Å². The third-order valence-corrected chi connectivity index (χ3v) is 3.70. The summed E-state index contributed by atoms with van der Waals surface area (Å²) in [6.07, 6.45) is 3.22. The summed E-state index contributed by atoms with van der Waals surface area (Å²) in [6, 6.07) is 19.6. The first-order valence-corrected chi connectivity index (χ1v) is 7.73. The molecular formula is C19H25NO. The Hall–Kier alpha value is -1.80. The van der Waals surface area contributed by atoms with Gasteiger partial charge in [-0.25, -0.2) is 0 Å². The van der Waals surface area contributed by atoms with E-state index in [1.165, 1.54) is 16.8 Å². The third kappa shape index (κ3) is 4.61. The Morgan fingerprint density at radius 2 is 1.71 bits per heavy atom. The van der Waals surface area contributed by atoms with Crippen molar-refractivity contribution >= 4 is 5.69 Å². The number of para-hydroxylation sites is 1. The molecule has 112 valence electrons. The maximum atomic E-state index is 5.21. The van der Waals surface area contributed by atoms with E-state index in [4.69, 9.17) is 4.74 Å². The van der Waals surface area contributed by atoms with Crippen LogP contribution in [0.1, 0.15) is 36.9 Å². The first kappa shape index (κ1) is 15.6. The maximum Gasteiger partial charge on any atom is 0.0513 e. The zero-order chi connectivity index (χ0) is 14.9. The molecule has 0 radical (unpaired) electrons. The lowest BCUT2D eigenvalue weighted by atomic mass is 10.0. The molecule has 2 rings (SSSR count). The molecule has 0 aliphatic carbocycles. The molecule has 0 aromatic heterocycles. The van der Waals surface area contributed by atoms with E-state index in [-0.39, 0.29) is 0 Å². The molecule has 21 heavy (non-hydrogen) atoms. The SMILES string of the molecule is CCCC(Nc1ccccc1CCOC)c1ccccc1. The fourth-order valence-electron chi connectivity index (χ4n) is 2.58. The van der Waals surface area contributed by atoms with Crippen LogP contribution in [0.25, 0.3) is 0 Å². The molecule has 0 bridgehead atoms. The minimum atomic E-state index is 0.361. The second kappa shape index (κ2) is 8.48. The molecule has 0 fully saturated rings. The van der Waals surface area contributed by atoms with Crippen LogP contribution in [0, 0.1) is 0 Å². The van der Waals surface area contributed by atoms with Crippen molar-refractivity contribution in [2.24, 2.45) is 0 Å². The molecule has 1 N–H and O–H groups in total. The summed E-state index contributed by atoms with van der Waals surface area (Å²) < 4.78 is 5.21. The van der Waals surface area contributed by atoms with Gasteiger partial charge in [-0.15, -0.1) is 0 Å². The molecule has 0 aliphatic rings. The van der Waals surface area contributed by atoms with Gasteiger partial charge in [0.25, 0.3) is 0 Å². The van der Waals surface area contributed by atoms with Crippen LogP contribution in [-0.4, -0.2) is 13.7 Å². The number of hydrogen-bond donors (Lipinski definition) is 1. The maximum absolute atomic E-state index is 5.21. The minimum Gasteiger partial charge on any atom is -0.384 e. The van der Waals surface area contributed by atoms with E-state index >= 15 is 0 Å². The van der Waals surface area contributed by atoms with Crippen LogP contribution in [0.5, 0.6) is 0 Å². The smallest absolute Gasteiger partial charge is 0.0513 e. The van der Waals surface area contributed by atoms with Crippen LogP contribution in [0.2, 0.25) is 0 Å². The van der Waals surface area contributed by atoms with E-state index in [0.29, 0.717) is 6.04 Å². The average Bonchev–Trinajstić information content (AvgIpc) is 2.54. The molecule has 2 aromatic carbocycles. The Morgan fingerprint density at radius 3 is 2.43 bits per heavy atom. The fraction of sp³-hybridized carbons (Fsp3) is 0.368. The molecule has 0 saturated carbocycles. The standard InChI is InChI=1S/C19H25NO/c1-3-9-18(16-10-5-4-6-11-16)20-19-13-8-7-12-17(19)14-15-21-2/h4-8,10-13,18,20H,3,9,14-15H2,1-2H3. The van der Waals surface area contributed by atoms with E-state index < -0.39 is 0 Å². The molecule has 0 saturated heterocycles. The fourth-order valence-corrected chi connectivity index (χ4v) is 2.58. The summed E-state index contributed by atoms with van der Waals surface area (Å²) in [5.74, 6) is 0. The van der Waals surface area contributed by atoms with Crippen LogP contribution in [0.3, 0.4) is 0 Å². The number of nitrogens with one attached hydrogen (secondary N) is 1. The highest BCUT2D eigenvalue weighted by Gasteiger charge is 2.11. The predicted octanol–water partition coefficient (Wildman–Crippen LogP) is 4.83. The lowest BCUT2D eigenvalue weighted by Crippen LogP contribution is -2.12. The highest BCUT2D eigenvalue weighted by molar-refractivity contribution is 5.52. The Bertz CT molecular complexity index is 524. The van der Waals surface area contributed by atoms with Gasteiger partial charge in [-0.3, -0.25) is 0 Å².